The molecule has 0 saturated heterocycles. The smallest absolute Gasteiger partial charge is 0.549 e. The van der Waals surface area contributed by atoms with E-state index in [2.05, 4.69) is 0 Å². The fourth-order valence-electron chi connectivity index (χ4n) is 1.70. The first-order chi connectivity index (χ1) is 12.0. The molecule has 0 aliphatic carbocycles. The standard InChI is InChI=1S/C10H16N2O8.C4H10O2.4Na/c13-7(14)3-11(4-8(15)16)1-2-12(5-9(17)18)6-10(19)20;1-2-3-4(5)6;;;;/h1-6H2,(H,13,14)(H,15,16)(H,17,18)(H,19,20);4-6H,2-3H2,1H3;;;;/q;;4*+1/p-4. The Hall–Kier alpha value is 1.72. The maximum absolute atomic E-state index is 10.4. The van der Waals surface area contributed by atoms with Crippen molar-refractivity contribution in [1.82, 2.24) is 9.80 Å². The molecule has 0 aliphatic rings. The molecule has 0 saturated carbocycles. The van der Waals surface area contributed by atoms with Crippen molar-refractivity contribution in [2.45, 2.75) is 26.1 Å². The van der Waals surface area contributed by atoms with Crippen LogP contribution in [0.25, 0.3) is 0 Å². The second-order valence-electron chi connectivity index (χ2n) is 5.18. The molecule has 2 N–H and O–H groups in total. The minimum atomic E-state index is -1.53. The molecule has 0 heterocycles. The van der Waals surface area contributed by atoms with Gasteiger partial charge in [-0.15, -0.1) is 0 Å². The van der Waals surface area contributed by atoms with E-state index in [4.69, 9.17) is 10.2 Å². The first-order valence-electron chi connectivity index (χ1n) is 7.58. The van der Waals surface area contributed by atoms with E-state index in [1.807, 2.05) is 6.92 Å². The van der Waals surface area contributed by atoms with Crippen LogP contribution in [0.5, 0.6) is 0 Å². The molecule has 0 amide bonds. The van der Waals surface area contributed by atoms with Crippen molar-refractivity contribution in [2.75, 3.05) is 39.3 Å². The van der Waals surface area contributed by atoms with Crippen molar-refractivity contribution in [2.24, 2.45) is 0 Å². The Morgan fingerprint density at radius 3 is 1.00 bits per heavy atom. The molecule has 30 heavy (non-hydrogen) atoms. The van der Waals surface area contributed by atoms with E-state index < -0.39 is 56.3 Å². The van der Waals surface area contributed by atoms with Gasteiger partial charge in [-0.3, -0.25) is 9.80 Å². The summed E-state index contributed by atoms with van der Waals surface area (Å²) in [5, 5.41) is 57.8. The van der Waals surface area contributed by atoms with Crippen LogP contribution in [-0.2, 0) is 19.2 Å². The first kappa shape index (κ1) is 45.3. The zero-order valence-corrected chi connectivity index (χ0v) is 26.3. The minimum Gasteiger partial charge on any atom is -0.549 e. The predicted octanol–water partition coefficient (Wildman–Crippen LogP) is -19.3. The van der Waals surface area contributed by atoms with Gasteiger partial charge in [0.05, 0.1) is 23.9 Å². The van der Waals surface area contributed by atoms with Crippen molar-refractivity contribution in [3.8, 4) is 0 Å². The van der Waals surface area contributed by atoms with Crippen LogP contribution in [-0.4, -0.2) is 89.4 Å². The third-order valence-corrected chi connectivity index (χ3v) is 2.69. The summed E-state index contributed by atoms with van der Waals surface area (Å²) in [6, 6.07) is 0. The van der Waals surface area contributed by atoms with E-state index in [0.29, 0.717) is 6.42 Å². The summed E-state index contributed by atoms with van der Waals surface area (Å²) in [7, 11) is 0. The number of aliphatic hydroxyl groups is 2. The monoisotopic (exact) mass is 470 g/mol. The fourth-order valence-corrected chi connectivity index (χ4v) is 1.70. The topological polar surface area (TPSA) is 207 Å². The minimum absolute atomic E-state index is 0. The summed E-state index contributed by atoms with van der Waals surface area (Å²) in [6.07, 6.45) is 0.215. The zero-order valence-electron chi connectivity index (χ0n) is 18.3. The van der Waals surface area contributed by atoms with Gasteiger partial charge in [-0.2, -0.15) is 0 Å². The molecule has 0 radical (unpaired) electrons. The summed E-state index contributed by atoms with van der Waals surface area (Å²) in [5.41, 5.74) is 0. The number of carboxylic acid groups (broad SMARTS) is 4. The van der Waals surface area contributed by atoms with E-state index >= 15 is 0 Å². The van der Waals surface area contributed by atoms with Crippen LogP contribution in [0.1, 0.15) is 19.8 Å². The molecule has 0 aromatic rings. The number of nitrogens with zero attached hydrogens (tertiary/aromatic N) is 2. The van der Waals surface area contributed by atoms with Gasteiger partial charge in [0, 0.05) is 39.3 Å². The van der Waals surface area contributed by atoms with Crippen LogP contribution in [0.15, 0.2) is 0 Å². The summed E-state index contributed by atoms with van der Waals surface area (Å²) in [5.74, 6) is -6.12. The number of aliphatic hydroxyl groups excluding tert-OH is 1. The van der Waals surface area contributed by atoms with E-state index in [-0.39, 0.29) is 131 Å². The number of aliphatic carboxylic acids is 4. The number of hydrogen-bond donors (Lipinski definition) is 2. The number of rotatable bonds is 13. The van der Waals surface area contributed by atoms with Crippen LogP contribution in [0.4, 0.5) is 0 Å². The zero-order chi connectivity index (χ0) is 20.7. The summed E-state index contributed by atoms with van der Waals surface area (Å²) in [6.45, 7) is -1.35. The Bertz CT molecular complexity index is 404. The Kier molecular flexibility index (Phi) is 43.4. The molecule has 0 unspecified atom stereocenters. The van der Waals surface area contributed by atoms with Crippen molar-refractivity contribution in [3.05, 3.63) is 0 Å². The van der Waals surface area contributed by atoms with Crippen molar-refractivity contribution >= 4 is 23.9 Å². The second-order valence-corrected chi connectivity index (χ2v) is 5.18. The van der Waals surface area contributed by atoms with Crippen LogP contribution in [0.3, 0.4) is 0 Å². The predicted molar refractivity (Wildman–Crippen MR) is 76.0 cm³/mol. The van der Waals surface area contributed by atoms with Gasteiger partial charge in [-0.1, -0.05) is 13.3 Å². The molecule has 12 nitrogen and oxygen atoms in total. The molecule has 0 aromatic heterocycles. The van der Waals surface area contributed by atoms with Crippen molar-refractivity contribution < 1.29 is 168 Å². The van der Waals surface area contributed by atoms with Crippen LogP contribution < -0.4 is 139 Å². The number of carbonyl (C=O) groups excluding carboxylic acids is 4. The van der Waals surface area contributed by atoms with Gasteiger partial charge >= 0.3 is 118 Å². The Morgan fingerprint density at radius 2 is 0.900 bits per heavy atom. The molecule has 0 bridgehead atoms. The Morgan fingerprint density at radius 1 is 0.667 bits per heavy atom. The maximum atomic E-state index is 10.4. The molecule has 0 rings (SSSR count). The SMILES string of the molecule is CCCC(O)O.O=C([O-])CN(CCN(CC(=O)[O-])CC(=O)[O-])CC(=O)[O-].[Na+].[Na+].[Na+].[Na+]. The summed E-state index contributed by atoms with van der Waals surface area (Å²) >= 11 is 0. The van der Waals surface area contributed by atoms with Crippen LogP contribution in [0.2, 0.25) is 0 Å². The molecule has 16 heteroatoms. The van der Waals surface area contributed by atoms with Crippen molar-refractivity contribution in [3.63, 3.8) is 0 Å². The number of hydrogen-bond acceptors (Lipinski definition) is 12. The second kappa shape index (κ2) is 28.8. The van der Waals surface area contributed by atoms with Gasteiger partial charge in [0.25, 0.3) is 0 Å². The summed E-state index contributed by atoms with van der Waals surface area (Å²) < 4.78 is 0. The quantitative estimate of drug-likeness (QED) is 0.190. The third kappa shape index (κ3) is 37.1. The van der Waals surface area contributed by atoms with Gasteiger partial charge in [-0.25, -0.2) is 0 Å². The molecular weight excluding hydrogens is 448 g/mol. The van der Waals surface area contributed by atoms with E-state index in [0.717, 1.165) is 16.2 Å². The largest absolute Gasteiger partial charge is 1.00 e. The Labute approximate surface area is 263 Å². The molecule has 0 atom stereocenters. The summed E-state index contributed by atoms with van der Waals surface area (Å²) in [4.78, 5) is 43.4. The van der Waals surface area contributed by atoms with E-state index in [9.17, 15) is 39.6 Å². The molecule has 0 aliphatic heterocycles. The number of carboxylic acids is 4. The van der Waals surface area contributed by atoms with Gasteiger partial charge in [0.1, 0.15) is 0 Å². The van der Waals surface area contributed by atoms with E-state index in [1.54, 1.807) is 0 Å². The molecule has 152 valence electrons. The van der Waals surface area contributed by atoms with Crippen molar-refractivity contribution in [1.29, 1.82) is 0 Å². The first-order valence-corrected chi connectivity index (χ1v) is 7.58. The van der Waals surface area contributed by atoms with E-state index in [1.165, 1.54) is 0 Å². The van der Waals surface area contributed by atoms with Crippen LogP contribution >= 0.6 is 0 Å². The van der Waals surface area contributed by atoms with Gasteiger partial charge < -0.3 is 49.8 Å². The van der Waals surface area contributed by atoms with Gasteiger partial charge in [-0.05, 0) is 6.42 Å². The van der Waals surface area contributed by atoms with Crippen LogP contribution in [0, 0.1) is 0 Å². The molecular formula is C14H22N2Na4O10. The van der Waals surface area contributed by atoms with Gasteiger partial charge in [0.2, 0.25) is 0 Å². The normalized spacial score (nSPS) is 9.13. The molecule has 0 fully saturated rings. The Balaban J connectivity index is -0.000000126. The average Bonchev–Trinajstić information content (AvgIpc) is 2.42. The maximum Gasteiger partial charge on any atom is 1.00 e. The van der Waals surface area contributed by atoms with Gasteiger partial charge in [0.15, 0.2) is 6.29 Å². The average molecular weight is 470 g/mol. The molecule has 0 aromatic carbocycles. The fraction of sp³-hybridized carbons (Fsp3) is 0.714. The third-order valence-electron chi connectivity index (χ3n) is 2.69. The molecule has 0 spiro atoms. The number of carbonyl (C=O) groups is 4.